The largest absolute Gasteiger partial charge is 1.00 e. The number of halogens is 3. The second-order valence-corrected chi connectivity index (χ2v) is 2.93. The second-order valence-electron chi connectivity index (χ2n) is 2.93. The fourth-order valence-electron chi connectivity index (χ4n) is 0.970. The van der Waals surface area contributed by atoms with Crippen molar-refractivity contribution in [3.8, 4) is 0 Å². The molecule has 74 valence electrons. The van der Waals surface area contributed by atoms with E-state index in [2.05, 4.69) is 5.32 Å². The van der Waals surface area contributed by atoms with Crippen molar-refractivity contribution in [1.29, 1.82) is 0 Å². The SMILES string of the molecule is CNCCCN(C)C[B-](F)(F)F.[K+]. The summed E-state index contributed by atoms with van der Waals surface area (Å²) in [5.74, 6) is 0. The molecule has 0 aromatic carbocycles. The number of hydrogen-bond acceptors (Lipinski definition) is 2. The molecule has 0 spiro atoms. The van der Waals surface area contributed by atoms with Crippen LogP contribution in [0.15, 0.2) is 0 Å². The molecule has 13 heavy (non-hydrogen) atoms. The Morgan fingerprint density at radius 1 is 1.31 bits per heavy atom. The Morgan fingerprint density at radius 2 is 1.85 bits per heavy atom. The van der Waals surface area contributed by atoms with E-state index in [1.165, 1.54) is 11.9 Å². The molecule has 0 radical (unpaired) electrons. The van der Waals surface area contributed by atoms with E-state index in [4.69, 9.17) is 0 Å². The van der Waals surface area contributed by atoms with Crippen molar-refractivity contribution in [3.05, 3.63) is 0 Å². The Morgan fingerprint density at radius 3 is 2.23 bits per heavy atom. The molecule has 0 aliphatic rings. The predicted octanol–water partition coefficient (Wildman–Crippen LogP) is -2.08. The van der Waals surface area contributed by atoms with Gasteiger partial charge >= 0.3 is 58.4 Å². The summed E-state index contributed by atoms with van der Waals surface area (Å²) in [7, 11) is 3.28. The minimum absolute atomic E-state index is 0. The molecule has 0 atom stereocenters. The van der Waals surface area contributed by atoms with Gasteiger partial charge in [-0.15, -0.1) is 0 Å². The van der Waals surface area contributed by atoms with Crippen molar-refractivity contribution in [2.24, 2.45) is 0 Å². The monoisotopic (exact) mass is 222 g/mol. The van der Waals surface area contributed by atoms with Gasteiger partial charge in [-0.3, -0.25) is 0 Å². The minimum Gasteiger partial charge on any atom is -0.448 e. The van der Waals surface area contributed by atoms with E-state index in [-0.39, 0.29) is 51.4 Å². The zero-order valence-electron chi connectivity index (χ0n) is 8.49. The molecule has 0 saturated carbocycles. The van der Waals surface area contributed by atoms with E-state index < -0.39 is 13.4 Å². The summed E-state index contributed by atoms with van der Waals surface area (Å²) < 4.78 is 35.5. The topological polar surface area (TPSA) is 15.3 Å². The average molecular weight is 222 g/mol. The molecule has 0 unspecified atom stereocenters. The van der Waals surface area contributed by atoms with E-state index in [1.54, 1.807) is 7.05 Å². The van der Waals surface area contributed by atoms with Gasteiger partial charge in [0.2, 0.25) is 0 Å². The van der Waals surface area contributed by atoms with E-state index in [0.717, 1.165) is 13.0 Å². The Bertz CT molecular complexity index is 123. The van der Waals surface area contributed by atoms with Gasteiger partial charge in [0.15, 0.2) is 0 Å². The maximum atomic E-state index is 11.8. The molecule has 0 fully saturated rings. The fourth-order valence-corrected chi connectivity index (χ4v) is 0.970. The van der Waals surface area contributed by atoms with Gasteiger partial charge in [-0.2, -0.15) is 0 Å². The van der Waals surface area contributed by atoms with Crippen molar-refractivity contribution < 1.29 is 64.3 Å². The Hall–Kier alpha value is 1.41. The van der Waals surface area contributed by atoms with Crippen LogP contribution in [0.1, 0.15) is 6.42 Å². The van der Waals surface area contributed by atoms with Crippen LogP contribution in [0, 0.1) is 0 Å². The van der Waals surface area contributed by atoms with Crippen LogP contribution in [0.5, 0.6) is 0 Å². The van der Waals surface area contributed by atoms with Crippen LogP contribution in [0.3, 0.4) is 0 Å². The van der Waals surface area contributed by atoms with Gasteiger partial charge in [0.25, 0.3) is 0 Å². The number of hydrogen-bond donors (Lipinski definition) is 1. The van der Waals surface area contributed by atoms with Crippen molar-refractivity contribution in [1.82, 2.24) is 10.2 Å². The smallest absolute Gasteiger partial charge is 0.448 e. The van der Waals surface area contributed by atoms with Crippen molar-refractivity contribution in [2.75, 3.05) is 33.6 Å². The molecule has 2 nitrogen and oxygen atoms in total. The quantitative estimate of drug-likeness (QED) is 0.410. The Kier molecular flexibility index (Phi) is 11.3. The van der Waals surface area contributed by atoms with E-state index in [0.29, 0.717) is 6.54 Å². The average Bonchev–Trinajstić information content (AvgIpc) is 1.84. The molecule has 0 heterocycles. The molecule has 0 aromatic rings. The molecule has 1 N–H and O–H groups in total. The molecule has 0 rings (SSSR count). The van der Waals surface area contributed by atoms with Crippen LogP contribution in [0.4, 0.5) is 12.9 Å². The number of rotatable bonds is 6. The Balaban J connectivity index is 0. The molecule has 0 aliphatic heterocycles. The first kappa shape index (κ1) is 16.8. The van der Waals surface area contributed by atoms with E-state index in [9.17, 15) is 12.9 Å². The normalized spacial score (nSPS) is 11.5. The van der Waals surface area contributed by atoms with Gasteiger partial charge in [-0.1, -0.05) is 0 Å². The molecule has 0 amide bonds. The second kappa shape index (κ2) is 8.70. The van der Waals surface area contributed by atoms with Gasteiger partial charge in [0.05, 0.1) is 0 Å². The minimum atomic E-state index is -4.66. The zero-order chi connectivity index (χ0) is 9.61. The Labute approximate surface area is 120 Å². The van der Waals surface area contributed by atoms with Crippen LogP contribution < -0.4 is 56.7 Å². The maximum absolute atomic E-state index is 11.8. The summed E-state index contributed by atoms with van der Waals surface area (Å²) in [5, 5.41) is 2.88. The third-order valence-corrected chi connectivity index (χ3v) is 1.49. The summed E-state index contributed by atoms with van der Waals surface area (Å²) >= 11 is 0. The molecule has 0 bridgehead atoms. The summed E-state index contributed by atoms with van der Waals surface area (Å²) in [6, 6.07) is 0. The van der Waals surface area contributed by atoms with Crippen LogP contribution >= 0.6 is 0 Å². The number of nitrogens with zero attached hydrogens (tertiary/aromatic N) is 1. The van der Waals surface area contributed by atoms with Crippen molar-refractivity contribution >= 4 is 6.98 Å². The molecular formula is C6H15BF3KN2. The molecular weight excluding hydrogens is 207 g/mol. The first-order chi connectivity index (χ1) is 5.45. The molecule has 7 heteroatoms. The molecule has 0 aromatic heterocycles. The third kappa shape index (κ3) is 13.4. The first-order valence-electron chi connectivity index (χ1n) is 4.00. The standard InChI is InChI=1S/C6H15BF3N2.K/c1-11-4-3-5-12(2)6-7(8,9)10;/h11H,3-6H2,1-2H3;/q-1;+1. The van der Waals surface area contributed by atoms with Gasteiger partial charge in [-0.25, -0.2) is 0 Å². The summed E-state index contributed by atoms with van der Waals surface area (Å²) in [5.41, 5.74) is 0. The predicted molar refractivity (Wildman–Crippen MR) is 45.1 cm³/mol. The van der Waals surface area contributed by atoms with Gasteiger partial charge < -0.3 is 23.2 Å². The number of nitrogens with one attached hydrogen (secondary N) is 1. The summed E-state index contributed by atoms with van der Waals surface area (Å²) in [6.07, 6.45) is -0.0110. The van der Waals surface area contributed by atoms with Gasteiger partial charge in [0.1, 0.15) is 0 Å². The van der Waals surface area contributed by atoms with Crippen LogP contribution in [0.25, 0.3) is 0 Å². The van der Waals surface area contributed by atoms with Gasteiger partial charge in [-0.05, 0) is 40.0 Å². The first-order valence-corrected chi connectivity index (χ1v) is 4.00. The van der Waals surface area contributed by atoms with E-state index in [1.807, 2.05) is 0 Å². The molecule has 0 aliphatic carbocycles. The summed E-state index contributed by atoms with van der Waals surface area (Å²) in [6.45, 7) is -3.41. The van der Waals surface area contributed by atoms with E-state index >= 15 is 0 Å². The maximum Gasteiger partial charge on any atom is 1.00 e. The summed E-state index contributed by atoms with van der Waals surface area (Å²) in [4.78, 5) is 1.30. The zero-order valence-corrected chi connectivity index (χ0v) is 11.6. The van der Waals surface area contributed by atoms with Crippen LogP contribution in [-0.2, 0) is 0 Å². The van der Waals surface area contributed by atoms with Crippen molar-refractivity contribution in [2.45, 2.75) is 6.42 Å². The van der Waals surface area contributed by atoms with Crippen LogP contribution in [0.2, 0.25) is 0 Å². The van der Waals surface area contributed by atoms with Gasteiger partial charge in [0, 0.05) is 0 Å². The molecule has 0 saturated heterocycles. The third-order valence-electron chi connectivity index (χ3n) is 1.49. The van der Waals surface area contributed by atoms with Crippen molar-refractivity contribution in [3.63, 3.8) is 0 Å². The van der Waals surface area contributed by atoms with Crippen LogP contribution in [-0.4, -0.2) is 45.5 Å². The fraction of sp³-hybridized carbons (Fsp3) is 1.00.